The summed E-state index contributed by atoms with van der Waals surface area (Å²) in [5.41, 5.74) is 2.49. The van der Waals surface area contributed by atoms with Crippen LogP contribution in [0.4, 0.5) is 0 Å². The molecule has 8 heteroatoms. The summed E-state index contributed by atoms with van der Waals surface area (Å²) in [6, 6.07) is 5.20. The Labute approximate surface area is 162 Å². The number of ether oxygens (including phenoxy) is 1. The topological polar surface area (TPSA) is 94.5 Å². The molecule has 0 aliphatic carbocycles. The van der Waals surface area contributed by atoms with Gasteiger partial charge in [0.2, 0.25) is 0 Å². The molecule has 4 heterocycles. The molecule has 8 nitrogen and oxygen atoms in total. The smallest absolute Gasteiger partial charge is 0.289 e. The van der Waals surface area contributed by atoms with Crippen LogP contribution in [0.25, 0.3) is 11.3 Å². The molecule has 0 aromatic carbocycles. The summed E-state index contributed by atoms with van der Waals surface area (Å²) in [7, 11) is 0. The molecule has 1 fully saturated rings. The molecule has 0 saturated carbocycles. The fourth-order valence-corrected chi connectivity index (χ4v) is 3.54. The molecule has 146 valence electrons. The van der Waals surface area contributed by atoms with Crippen LogP contribution in [-0.4, -0.2) is 45.6 Å². The zero-order chi connectivity index (χ0) is 19.5. The Kier molecular flexibility index (Phi) is 5.10. The zero-order valence-corrected chi connectivity index (χ0v) is 15.9. The number of aryl methyl sites for hydroxylation is 1. The van der Waals surface area contributed by atoms with Crippen molar-refractivity contribution in [1.82, 2.24) is 20.0 Å². The third-order valence-corrected chi connectivity index (χ3v) is 4.81. The summed E-state index contributed by atoms with van der Waals surface area (Å²) < 4.78 is 16.2. The maximum Gasteiger partial charge on any atom is 0.289 e. The molecule has 1 aliphatic rings. The number of carbonyl (C=O) groups excluding carboxylic acids is 1. The molecule has 0 unspecified atom stereocenters. The summed E-state index contributed by atoms with van der Waals surface area (Å²) in [6.07, 6.45) is 5.09. The number of aromatic nitrogens is 3. The number of likely N-dealkylation sites (tertiary alicyclic amines) is 1. The van der Waals surface area contributed by atoms with Crippen molar-refractivity contribution in [1.29, 1.82) is 0 Å². The van der Waals surface area contributed by atoms with Gasteiger partial charge in [-0.1, -0.05) is 5.16 Å². The number of amides is 1. The van der Waals surface area contributed by atoms with Crippen LogP contribution < -0.4 is 4.74 Å². The van der Waals surface area contributed by atoms with Gasteiger partial charge in [-0.3, -0.25) is 4.79 Å². The van der Waals surface area contributed by atoms with Crippen LogP contribution in [0, 0.1) is 6.92 Å². The second kappa shape index (κ2) is 7.84. The predicted molar refractivity (Wildman–Crippen MR) is 100 cm³/mol. The van der Waals surface area contributed by atoms with Crippen molar-refractivity contribution in [2.45, 2.75) is 32.6 Å². The third-order valence-electron chi connectivity index (χ3n) is 4.81. The van der Waals surface area contributed by atoms with E-state index in [1.807, 2.05) is 19.9 Å². The van der Waals surface area contributed by atoms with E-state index in [0.717, 1.165) is 29.8 Å². The highest BCUT2D eigenvalue weighted by atomic mass is 16.6. The number of hydrogen-bond donors (Lipinski definition) is 0. The van der Waals surface area contributed by atoms with E-state index in [4.69, 9.17) is 13.7 Å². The predicted octanol–water partition coefficient (Wildman–Crippen LogP) is 3.45. The minimum Gasteiger partial charge on any atom is -0.465 e. The van der Waals surface area contributed by atoms with Gasteiger partial charge < -0.3 is 18.6 Å². The van der Waals surface area contributed by atoms with Crippen LogP contribution in [0.2, 0.25) is 0 Å². The van der Waals surface area contributed by atoms with E-state index in [1.54, 1.807) is 23.2 Å². The fraction of sp³-hybridized carbons (Fsp3) is 0.400. The SMILES string of the molecule is CCOc1ccc(C(=O)N2CCC[C@@H](c3ncncc3-c3cc(C)no3)C2)o1. The summed E-state index contributed by atoms with van der Waals surface area (Å²) in [5.74, 6) is 1.24. The third kappa shape index (κ3) is 3.62. The number of hydrogen-bond acceptors (Lipinski definition) is 7. The average molecular weight is 382 g/mol. The van der Waals surface area contributed by atoms with Crippen molar-refractivity contribution >= 4 is 5.91 Å². The molecule has 1 aliphatic heterocycles. The summed E-state index contributed by atoms with van der Waals surface area (Å²) in [6.45, 7) is 5.47. The Bertz CT molecular complexity index is 965. The van der Waals surface area contributed by atoms with Crippen LogP contribution in [0.5, 0.6) is 5.95 Å². The Balaban J connectivity index is 1.55. The molecular formula is C20H22N4O4. The van der Waals surface area contributed by atoms with Gasteiger partial charge in [0.05, 0.1) is 23.6 Å². The van der Waals surface area contributed by atoms with Gasteiger partial charge in [-0.25, -0.2) is 9.97 Å². The number of carbonyl (C=O) groups is 1. The lowest BCUT2D eigenvalue weighted by molar-refractivity contribution is 0.0666. The molecule has 1 amide bonds. The Hall–Kier alpha value is -3.16. The minimum atomic E-state index is -0.137. The highest BCUT2D eigenvalue weighted by molar-refractivity contribution is 5.91. The van der Waals surface area contributed by atoms with E-state index in [0.29, 0.717) is 31.4 Å². The second-order valence-corrected chi connectivity index (χ2v) is 6.80. The van der Waals surface area contributed by atoms with Crippen LogP contribution >= 0.6 is 0 Å². The first-order valence-corrected chi connectivity index (χ1v) is 9.41. The summed E-state index contributed by atoms with van der Waals surface area (Å²) in [5, 5.41) is 3.96. The molecule has 0 radical (unpaired) electrons. The second-order valence-electron chi connectivity index (χ2n) is 6.80. The average Bonchev–Trinajstić information content (AvgIpc) is 3.37. The highest BCUT2D eigenvalue weighted by Gasteiger charge is 2.30. The van der Waals surface area contributed by atoms with Gasteiger partial charge >= 0.3 is 0 Å². The van der Waals surface area contributed by atoms with Gasteiger partial charge in [0.1, 0.15) is 6.33 Å². The van der Waals surface area contributed by atoms with Crippen LogP contribution in [0.3, 0.4) is 0 Å². The Morgan fingerprint density at radius 2 is 2.29 bits per heavy atom. The van der Waals surface area contributed by atoms with Crippen molar-refractivity contribution in [3.8, 4) is 17.3 Å². The lowest BCUT2D eigenvalue weighted by Gasteiger charge is -2.32. The number of rotatable bonds is 5. The molecule has 1 atom stereocenters. The molecule has 28 heavy (non-hydrogen) atoms. The van der Waals surface area contributed by atoms with Gasteiger partial charge in [0.15, 0.2) is 11.5 Å². The van der Waals surface area contributed by atoms with Crippen molar-refractivity contribution in [3.63, 3.8) is 0 Å². The van der Waals surface area contributed by atoms with Crippen LogP contribution in [0.15, 0.2) is 39.7 Å². The van der Waals surface area contributed by atoms with Crippen LogP contribution in [0.1, 0.15) is 47.6 Å². The number of piperidine rings is 1. The number of nitrogens with zero attached hydrogens (tertiary/aromatic N) is 4. The monoisotopic (exact) mass is 382 g/mol. The van der Waals surface area contributed by atoms with Gasteiger partial charge in [-0.05, 0) is 32.8 Å². The molecule has 0 N–H and O–H groups in total. The molecule has 3 aromatic rings. The molecule has 3 aromatic heterocycles. The molecule has 0 bridgehead atoms. The van der Waals surface area contributed by atoms with E-state index in [-0.39, 0.29) is 17.6 Å². The summed E-state index contributed by atoms with van der Waals surface area (Å²) >= 11 is 0. The van der Waals surface area contributed by atoms with Crippen molar-refractivity contribution in [2.24, 2.45) is 0 Å². The quantitative estimate of drug-likeness (QED) is 0.667. The van der Waals surface area contributed by atoms with E-state index >= 15 is 0 Å². The first-order chi connectivity index (χ1) is 13.7. The minimum absolute atomic E-state index is 0.0856. The first-order valence-electron chi connectivity index (χ1n) is 9.41. The molecule has 1 saturated heterocycles. The normalized spacial score (nSPS) is 16.9. The van der Waals surface area contributed by atoms with Crippen molar-refractivity contribution in [3.05, 3.63) is 47.9 Å². The van der Waals surface area contributed by atoms with Crippen molar-refractivity contribution < 1.29 is 18.5 Å². The first kappa shape index (κ1) is 18.2. The van der Waals surface area contributed by atoms with E-state index in [1.165, 1.54) is 6.33 Å². The van der Waals surface area contributed by atoms with Crippen LogP contribution in [-0.2, 0) is 0 Å². The van der Waals surface area contributed by atoms with Gasteiger partial charge in [-0.15, -0.1) is 0 Å². The lowest BCUT2D eigenvalue weighted by Crippen LogP contribution is -2.39. The van der Waals surface area contributed by atoms with E-state index in [9.17, 15) is 4.79 Å². The summed E-state index contributed by atoms with van der Waals surface area (Å²) in [4.78, 5) is 23.3. The lowest BCUT2D eigenvalue weighted by atomic mass is 9.91. The number of furan rings is 1. The molecular weight excluding hydrogens is 360 g/mol. The Morgan fingerprint density at radius 1 is 1.39 bits per heavy atom. The van der Waals surface area contributed by atoms with Crippen molar-refractivity contribution in [2.75, 3.05) is 19.7 Å². The van der Waals surface area contributed by atoms with Gasteiger partial charge in [-0.2, -0.15) is 0 Å². The fourth-order valence-electron chi connectivity index (χ4n) is 3.54. The molecule has 4 rings (SSSR count). The van der Waals surface area contributed by atoms with E-state index < -0.39 is 0 Å². The Morgan fingerprint density at radius 3 is 3.07 bits per heavy atom. The van der Waals surface area contributed by atoms with E-state index in [2.05, 4.69) is 15.1 Å². The maximum absolute atomic E-state index is 12.9. The largest absolute Gasteiger partial charge is 0.465 e. The molecule has 0 spiro atoms. The van der Waals surface area contributed by atoms with Gasteiger partial charge in [0, 0.05) is 37.3 Å². The highest BCUT2D eigenvalue weighted by Crippen LogP contribution is 2.33. The standard InChI is InChI=1S/C20H22N4O4/c1-3-26-18-7-6-16(27-18)20(25)24-8-4-5-14(11-24)19-15(10-21-12-22-19)17-9-13(2)23-28-17/h6-7,9-10,12,14H,3-5,8,11H2,1-2H3/t14-/m1/s1. The van der Waals surface area contributed by atoms with Gasteiger partial charge in [0.25, 0.3) is 11.9 Å². The maximum atomic E-state index is 12.9. The zero-order valence-electron chi connectivity index (χ0n) is 15.9.